The van der Waals surface area contributed by atoms with E-state index in [1.165, 1.54) is 7.11 Å². The molecule has 2 amide bonds. The number of carbonyl (C=O) groups is 2. The minimum Gasteiger partial charge on any atom is -0.492 e. The van der Waals surface area contributed by atoms with Gasteiger partial charge in [-0.05, 0) is 46.5 Å². The lowest BCUT2D eigenvalue weighted by molar-refractivity contribution is -0.136. The van der Waals surface area contributed by atoms with E-state index in [4.69, 9.17) is 14.2 Å². The number of methoxy groups -OCH3 is 2. The highest BCUT2D eigenvalue weighted by Crippen LogP contribution is 2.40. The molecule has 1 aliphatic rings. The molecule has 1 heterocycles. The summed E-state index contributed by atoms with van der Waals surface area (Å²) in [7, 11) is 2.86. The quantitative estimate of drug-likeness (QED) is 0.681. The maximum absolute atomic E-state index is 12.5. The lowest BCUT2D eigenvalue weighted by Gasteiger charge is -2.31. The first-order valence-corrected chi connectivity index (χ1v) is 9.03. The summed E-state index contributed by atoms with van der Waals surface area (Å²) in [6.45, 7) is 6.11. The Morgan fingerprint density at radius 2 is 2.00 bits per heavy atom. The fourth-order valence-electron chi connectivity index (χ4n) is 2.84. The molecule has 0 bridgehead atoms. The average molecular weight is 427 g/mol. The number of nitrogens with one attached hydrogen (secondary N) is 2. The van der Waals surface area contributed by atoms with E-state index in [-0.39, 0.29) is 11.9 Å². The molecule has 0 spiro atoms. The highest BCUT2D eigenvalue weighted by atomic mass is 79.9. The van der Waals surface area contributed by atoms with Crippen molar-refractivity contribution in [1.82, 2.24) is 10.6 Å². The summed E-state index contributed by atoms with van der Waals surface area (Å²) in [5.41, 5.74) is 1.58. The van der Waals surface area contributed by atoms with Crippen molar-refractivity contribution in [1.29, 1.82) is 0 Å². The zero-order valence-corrected chi connectivity index (χ0v) is 17.0. The van der Waals surface area contributed by atoms with Crippen LogP contribution in [0.2, 0.25) is 0 Å². The van der Waals surface area contributed by atoms with Gasteiger partial charge in [-0.3, -0.25) is 0 Å². The summed E-state index contributed by atoms with van der Waals surface area (Å²) in [6, 6.07) is 2.49. The van der Waals surface area contributed by atoms with Crippen LogP contribution >= 0.6 is 15.9 Å². The first-order valence-electron chi connectivity index (χ1n) is 8.24. The minimum absolute atomic E-state index is 0.0642. The van der Waals surface area contributed by atoms with Crippen molar-refractivity contribution in [2.24, 2.45) is 5.92 Å². The van der Waals surface area contributed by atoms with E-state index in [0.717, 1.165) is 0 Å². The van der Waals surface area contributed by atoms with Gasteiger partial charge in [0.25, 0.3) is 0 Å². The number of amides is 2. The van der Waals surface area contributed by atoms with E-state index >= 15 is 0 Å². The second kappa shape index (κ2) is 8.44. The third-order valence-electron chi connectivity index (χ3n) is 3.95. The first-order chi connectivity index (χ1) is 12.3. The van der Waals surface area contributed by atoms with Crippen LogP contribution in [0.15, 0.2) is 27.9 Å². The Balaban J connectivity index is 2.65. The molecule has 1 aliphatic heterocycles. The van der Waals surface area contributed by atoms with E-state index < -0.39 is 12.0 Å². The summed E-state index contributed by atoms with van der Waals surface area (Å²) >= 11 is 3.46. The van der Waals surface area contributed by atoms with Gasteiger partial charge in [-0.25, -0.2) is 9.59 Å². The van der Waals surface area contributed by atoms with E-state index in [9.17, 15) is 9.59 Å². The van der Waals surface area contributed by atoms with Gasteiger partial charge in [-0.1, -0.05) is 13.8 Å². The molecule has 1 aromatic rings. The zero-order valence-electron chi connectivity index (χ0n) is 15.4. The standard InChI is InChI=1S/C18H23BrN2O5/c1-6-26-12-8-10(7-11(19)16(12)24-4)15-13(17(22)25-5)14(9(2)3)20-18(23)21-15/h7-9,15H,6H2,1-5H3,(H2,20,21,23). The number of hydrogen-bond donors (Lipinski definition) is 2. The van der Waals surface area contributed by atoms with E-state index in [2.05, 4.69) is 26.6 Å². The van der Waals surface area contributed by atoms with E-state index in [1.54, 1.807) is 19.2 Å². The molecule has 1 unspecified atom stereocenters. The van der Waals surface area contributed by atoms with Gasteiger partial charge in [0.15, 0.2) is 11.5 Å². The van der Waals surface area contributed by atoms with E-state index in [0.29, 0.717) is 39.4 Å². The molecule has 1 aromatic carbocycles. The second-order valence-electron chi connectivity index (χ2n) is 5.97. The van der Waals surface area contributed by atoms with Gasteiger partial charge in [0, 0.05) is 5.70 Å². The molecule has 1 atom stereocenters. The Hall–Kier alpha value is -2.22. The van der Waals surface area contributed by atoms with Crippen LogP contribution in [-0.4, -0.2) is 32.8 Å². The lowest BCUT2D eigenvalue weighted by Crippen LogP contribution is -2.47. The van der Waals surface area contributed by atoms with Crippen LogP contribution in [0.4, 0.5) is 4.79 Å². The summed E-state index contributed by atoms with van der Waals surface area (Å²) in [6.07, 6.45) is 0. The topological polar surface area (TPSA) is 85.9 Å². The van der Waals surface area contributed by atoms with Gasteiger partial charge in [0.1, 0.15) is 0 Å². The van der Waals surface area contributed by atoms with Gasteiger partial charge in [0.05, 0.1) is 36.9 Å². The Kier molecular flexibility index (Phi) is 6.52. The molecule has 0 aromatic heterocycles. The molecule has 0 saturated carbocycles. The fourth-order valence-corrected chi connectivity index (χ4v) is 3.46. The first kappa shape index (κ1) is 20.1. The number of ether oxygens (including phenoxy) is 3. The van der Waals surface area contributed by atoms with E-state index in [1.807, 2.05) is 20.8 Å². The Labute approximate surface area is 161 Å². The number of rotatable bonds is 6. The van der Waals surface area contributed by atoms with Crippen molar-refractivity contribution < 1.29 is 23.8 Å². The number of hydrogen-bond acceptors (Lipinski definition) is 5. The fraction of sp³-hybridized carbons (Fsp3) is 0.444. The maximum Gasteiger partial charge on any atom is 0.337 e. The van der Waals surface area contributed by atoms with Crippen molar-refractivity contribution >= 4 is 27.9 Å². The molecule has 2 N–H and O–H groups in total. The largest absolute Gasteiger partial charge is 0.492 e. The third kappa shape index (κ3) is 3.95. The molecular formula is C18H23BrN2O5. The number of benzene rings is 1. The summed E-state index contributed by atoms with van der Waals surface area (Å²) in [5, 5.41) is 5.51. The molecule has 7 nitrogen and oxygen atoms in total. The maximum atomic E-state index is 12.5. The highest BCUT2D eigenvalue weighted by molar-refractivity contribution is 9.10. The number of halogens is 1. The van der Waals surface area contributed by atoms with Gasteiger partial charge in [0.2, 0.25) is 0 Å². The number of carbonyl (C=O) groups excluding carboxylic acids is 2. The number of esters is 1. The molecule has 0 aliphatic carbocycles. The summed E-state index contributed by atoms with van der Waals surface area (Å²) in [5.74, 6) is 0.493. The Morgan fingerprint density at radius 3 is 2.54 bits per heavy atom. The summed E-state index contributed by atoms with van der Waals surface area (Å²) in [4.78, 5) is 24.6. The van der Waals surface area contributed by atoms with Gasteiger partial charge >= 0.3 is 12.0 Å². The van der Waals surface area contributed by atoms with Crippen molar-refractivity contribution in [2.45, 2.75) is 26.8 Å². The smallest absolute Gasteiger partial charge is 0.337 e. The molecule has 8 heteroatoms. The molecule has 2 rings (SSSR count). The predicted molar refractivity (Wildman–Crippen MR) is 100 cm³/mol. The van der Waals surface area contributed by atoms with Crippen molar-refractivity contribution in [3.05, 3.63) is 33.4 Å². The van der Waals surface area contributed by atoms with Crippen molar-refractivity contribution in [3.8, 4) is 11.5 Å². The molecule has 0 fully saturated rings. The van der Waals surface area contributed by atoms with Gasteiger partial charge < -0.3 is 24.8 Å². The number of urea groups is 1. The lowest BCUT2D eigenvalue weighted by atomic mass is 9.91. The third-order valence-corrected chi connectivity index (χ3v) is 4.54. The molecular weight excluding hydrogens is 404 g/mol. The average Bonchev–Trinajstić information content (AvgIpc) is 2.60. The van der Waals surface area contributed by atoms with Crippen LogP contribution in [0.1, 0.15) is 32.4 Å². The number of allylic oxidation sites excluding steroid dienone is 1. The summed E-state index contributed by atoms with van der Waals surface area (Å²) < 4.78 is 16.6. The van der Waals surface area contributed by atoms with Gasteiger partial charge in [-0.2, -0.15) is 0 Å². The van der Waals surface area contributed by atoms with Crippen LogP contribution in [0.25, 0.3) is 0 Å². The molecule has 142 valence electrons. The predicted octanol–water partition coefficient (Wildman–Crippen LogP) is 3.29. The minimum atomic E-state index is -0.671. The highest BCUT2D eigenvalue weighted by Gasteiger charge is 2.35. The normalized spacial score (nSPS) is 16.9. The van der Waals surface area contributed by atoms with Crippen LogP contribution in [-0.2, 0) is 9.53 Å². The van der Waals surface area contributed by atoms with Crippen LogP contribution in [0.5, 0.6) is 11.5 Å². The van der Waals surface area contributed by atoms with Crippen molar-refractivity contribution in [2.75, 3.05) is 20.8 Å². The molecule has 0 saturated heterocycles. The van der Waals surface area contributed by atoms with Crippen LogP contribution in [0, 0.1) is 5.92 Å². The Bertz CT molecular complexity index is 745. The molecule has 26 heavy (non-hydrogen) atoms. The van der Waals surface area contributed by atoms with Gasteiger partial charge in [-0.15, -0.1) is 0 Å². The Morgan fingerprint density at radius 1 is 1.31 bits per heavy atom. The zero-order chi connectivity index (χ0) is 19.4. The van der Waals surface area contributed by atoms with Crippen LogP contribution < -0.4 is 20.1 Å². The SMILES string of the molecule is CCOc1cc(C2NC(=O)NC(C(C)C)=C2C(=O)OC)cc(Br)c1OC. The monoisotopic (exact) mass is 426 g/mol. The second-order valence-corrected chi connectivity index (χ2v) is 6.83. The van der Waals surface area contributed by atoms with Crippen molar-refractivity contribution in [3.63, 3.8) is 0 Å². The molecule has 0 radical (unpaired) electrons. The van der Waals surface area contributed by atoms with Crippen LogP contribution in [0.3, 0.4) is 0 Å².